The Hall–Kier alpha value is -2.06. The van der Waals surface area contributed by atoms with Gasteiger partial charge in [0.25, 0.3) is 0 Å². The maximum atomic E-state index is 11.7. The molecule has 102 valence electrons. The van der Waals surface area contributed by atoms with Crippen LogP contribution in [-0.2, 0) is 16.0 Å². The third-order valence-electron chi connectivity index (χ3n) is 2.37. The molecule has 19 heavy (non-hydrogen) atoms. The molecular formula is C15H19NO3. The van der Waals surface area contributed by atoms with Crippen LogP contribution in [-0.4, -0.2) is 22.6 Å². The zero-order valence-corrected chi connectivity index (χ0v) is 11.7. The van der Waals surface area contributed by atoms with E-state index >= 15 is 0 Å². The third-order valence-corrected chi connectivity index (χ3v) is 2.37. The maximum Gasteiger partial charge on any atom is 0.310 e. The van der Waals surface area contributed by atoms with Gasteiger partial charge in [-0.05, 0) is 44.0 Å². The minimum atomic E-state index is -0.464. The van der Waals surface area contributed by atoms with E-state index in [2.05, 4.69) is 11.0 Å². The van der Waals surface area contributed by atoms with Crippen LogP contribution >= 0.6 is 0 Å². The summed E-state index contributed by atoms with van der Waals surface area (Å²) in [5, 5.41) is 11.3. The summed E-state index contributed by atoms with van der Waals surface area (Å²) in [5.74, 6) is 2.21. The van der Waals surface area contributed by atoms with Crippen molar-refractivity contribution in [3.8, 4) is 0 Å². The van der Waals surface area contributed by atoms with Crippen molar-refractivity contribution in [2.75, 3.05) is 0 Å². The molecule has 4 nitrogen and oxygen atoms in total. The number of esters is 1. The SMILES string of the molecule is CC(=C=NO)c1ccc(CC(=O)OC(C)(C)C)cc1. The number of rotatable bonds is 3. The Kier molecular flexibility index (Phi) is 4.90. The molecule has 1 aromatic rings. The lowest BCUT2D eigenvalue weighted by molar-refractivity contribution is -0.153. The summed E-state index contributed by atoms with van der Waals surface area (Å²) in [7, 11) is 0. The van der Waals surface area contributed by atoms with Crippen molar-refractivity contribution in [2.24, 2.45) is 5.16 Å². The Bertz CT molecular complexity index is 503. The molecular weight excluding hydrogens is 242 g/mol. The fourth-order valence-corrected chi connectivity index (χ4v) is 1.56. The van der Waals surface area contributed by atoms with E-state index in [9.17, 15) is 4.79 Å². The fourth-order valence-electron chi connectivity index (χ4n) is 1.56. The van der Waals surface area contributed by atoms with Gasteiger partial charge in [-0.15, -0.1) is 0 Å². The molecule has 0 fully saturated rings. The molecule has 0 saturated carbocycles. The lowest BCUT2D eigenvalue weighted by Gasteiger charge is -2.19. The third kappa shape index (κ3) is 5.40. The molecule has 0 aliphatic carbocycles. The minimum absolute atomic E-state index is 0.244. The van der Waals surface area contributed by atoms with Gasteiger partial charge in [-0.1, -0.05) is 24.3 Å². The van der Waals surface area contributed by atoms with Crippen molar-refractivity contribution in [1.82, 2.24) is 0 Å². The Morgan fingerprint density at radius 1 is 1.32 bits per heavy atom. The van der Waals surface area contributed by atoms with Gasteiger partial charge < -0.3 is 9.94 Å². The van der Waals surface area contributed by atoms with Crippen LogP contribution in [0.5, 0.6) is 0 Å². The van der Waals surface area contributed by atoms with E-state index in [1.165, 1.54) is 0 Å². The first kappa shape index (κ1) is 15.0. The number of carbonyl (C=O) groups is 1. The van der Waals surface area contributed by atoms with Crippen LogP contribution < -0.4 is 0 Å². The number of allylic oxidation sites excluding steroid dienone is 1. The number of hydrogen-bond donors (Lipinski definition) is 1. The molecule has 0 unspecified atom stereocenters. The second-order valence-corrected chi connectivity index (χ2v) is 5.30. The average Bonchev–Trinajstić information content (AvgIpc) is 2.27. The first-order valence-electron chi connectivity index (χ1n) is 6.06. The first-order valence-corrected chi connectivity index (χ1v) is 6.06. The van der Waals surface area contributed by atoms with Gasteiger partial charge in [-0.2, -0.15) is 0 Å². The first-order chi connectivity index (χ1) is 8.81. The van der Waals surface area contributed by atoms with Crippen molar-refractivity contribution < 1.29 is 14.7 Å². The van der Waals surface area contributed by atoms with E-state index in [0.717, 1.165) is 16.7 Å². The van der Waals surface area contributed by atoms with Gasteiger partial charge in [-0.3, -0.25) is 4.79 Å². The van der Waals surface area contributed by atoms with Crippen LogP contribution in [0.4, 0.5) is 0 Å². The number of hydrogen-bond acceptors (Lipinski definition) is 4. The highest BCUT2D eigenvalue weighted by molar-refractivity contribution is 5.88. The van der Waals surface area contributed by atoms with Crippen LogP contribution in [0.15, 0.2) is 29.4 Å². The maximum absolute atomic E-state index is 11.7. The summed E-state index contributed by atoms with van der Waals surface area (Å²) >= 11 is 0. The summed E-state index contributed by atoms with van der Waals surface area (Å²) in [6.07, 6.45) is 0.244. The van der Waals surface area contributed by atoms with Crippen LogP contribution in [0.1, 0.15) is 38.8 Å². The molecule has 0 heterocycles. The Morgan fingerprint density at radius 2 is 1.89 bits per heavy atom. The molecule has 1 rings (SSSR count). The molecule has 0 bridgehead atoms. The highest BCUT2D eigenvalue weighted by Crippen LogP contribution is 2.14. The summed E-state index contributed by atoms with van der Waals surface area (Å²) in [6, 6.07) is 7.41. The van der Waals surface area contributed by atoms with E-state index in [0.29, 0.717) is 0 Å². The van der Waals surface area contributed by atoms with E-state index in [-0.39, 0.29) is 12.4 Å². The molecule has 4 heteroatoms. The second-order valence-electron chi connectivity index (χ2n) is 5.30. The van der Waals surface area contributed by atoms with E-state index < -0.39 is 5.60 Å². The lowest BCUT2D eigenvalue weighted by atomic mass is 10.0. The fraction of sp³-hybridized carbons (Fsp3) is 0.400. The van der Waals surface area contributed by atoms with Crippen molar-refractivity contribution in [3.63, 3.8) is 0 Å². The molecule has 0 radical (unpaired) electrons. The largest absolute Gasteiger partial charge is 0.460 e. The van der Waals surface area contributed by atoms with E-state index in [1.807, 2.05) is 45.0 Å². The van der Waals surface area contributed by atoms with Crippen LogP contribution in [0.25, 0.3) is 5.57 Å². The van der Waals surface area contributed by atoms with Gasteiger partial charge in [0.1, 0.15) is 5.60 Å². The predicted molar refractivity (Wildman–Crippen MR) is 74.3 cm³/mol. The zero-order valence-electron chi connectivity index (χ0n) is 11.7. The van der Waals surface area contributed by atoms with Crippen LogP contribution in [0.3, 0.4) is 0 Å². The van der Waals surface area contributed by atoms with Gasteiger partial charge in [0.05, 0.1) is 6.42 Å². The zero-order chi connectivity index (χ0) is 14.5. The van der Waals surface area contributed by atoms with Crippen molar-refractivity contribution in [1.29, 1.82) is 0 Å². The number of nitrogens with zero attached hydrogens (tertiary/aromatic N) is 1. The van der Waals surface area contributed by atoms with E-state index in [4.69, 9.17) is 9.94 Å². The molecule has 1 N–H and O–H groups in total. The Balaban J connectivity index is 2.73. The van der Waals surface area contributed by atoms with Crippen molar-refractivity contribution in [3.05, 3.63) is 35.4 Å². The monoisotopic (exact) mass is 261 g/mol. The molecule has 0 atom stereocenters. The summed E-state index contributed by atoms with van der Waals surface area (Å²) in [5.41, 5.74) is 2.04. The summed E-state index contributed by atoms with van der Waals surface area (Å²) in [6.45, 7) is 7.33. The predicted octanol–water partition coefficient (Wildman–Crippen LogP) is 3.03. The average molecular weight is 261 g/mol. The lowest BCUT2D eigenvalue weighted by Crippen LogP contribution is -2.24. The number of benzene rings is 1. The van der Waals surface area contributed by atoms with Gasteiger partial charge in [0.15, 0.2) is 0 Å². The minimum Gasteiger partial charge on any atom is -0.460 e. The number of ether oxygens (including phenoxy) is 1. The Labute approximate surface area is 113 Å². The topological polar surface area (TPSA) is 58.9 Å². The molecule has 0 aliphatic rings. The van der Waals surface area contributed by atoms with E-state index in [1.54, 1.807) is 6.92 Å². The highest BCUT2D eigenvalue weighted by Gasteiger charge is 2.16. The smallest absolute Gasteiger partial charge is 0.310 e. The second kappa shape index (κ2) is 6.21. The molecule has 0 spiro atoms. The molecule has 0 amide bonds. The quantitative estimate of drug-likeness (QED) is 0.394. The van der Waals surface area contributed by atoms with Crippen molar-refractivity contribution in [2.45, 2.75) is 39.7 Å². The Morgan fingerprint density at radius 3 is 2.37 bits per heavy atom. The summed E-state index contributed by atoms with van der Waals surface area (Å²) < 4.78 is 5.25. The van der Waals surface area contributed by atoms with Gasteiger partial charge >= 0.3 is 5.97 Å². The molecule has 0 aromatic heterocycles. The highest BCUT2D eigenvalue weighted by atomic mass is 16.6. The van der Waals surface area contributed by atoms with Crippen LogP contribution in [0.2, 0.25) is 0 Å². The van der Waals surface area contributed by atoms with Gasteiger partial charge in [0.2, 0.25) is 0 Å². The summed E-state index contributed by atoms with van der Waals surface area (Å²) in [4.78, 5) is 11.7. The molecule has 0 aliphatic heterocycles. The van der Waals surface area contributed by atoms with Gasteiger partial charge in [0, 0.05) is 11.4 Å². The van der Waals surface area contributed by atoms with Gasteiger partial charge in [-0.25, -0.2) is 0 Å². The normalized spacial score (nSPS) is 10.5. The van der Waals surface area contributed by atoms with Crippen molar-refractivity contribution >= 4 is 17.4 Å². The standard InChI is InChI=1S/C15H19NO3/c1-11(10-16-18)13-7-5-12(6-8-13)9-14(17)19-15(2,3)4/h5-8,18H,9H2,1-4H3. The number of carbonyl (C=O) groups excluding carboxylic acids is 1. The molecule has 1 aromatic carbocycles. The van der Waals surface area contributed by atoms with Crippen LogP contribution in [0, 0.1) is 0 Å². The molecule has 0 saturated heterocycles.